The van der Waals surface area contributed by atoms with Gasteiger partial charge in [0.1, 0.15) is 11.6 Å². The highest BCUT2D eigenvalue weighted by molar-refractivity contribution is 5.24. The molecule has 1 aromatic rings. The van der Waals surface area contributed by atoms with Gasteiger partial charge in [0, 0.05) is 17.2 Å². The maximum absolute atomic E-state index is 13.8. The fourth-order valence-electron chi connectivity index (χ4n) is 2.59. The third kappa shape index (κ3) is 3.12. The van der Waals surface area contributed by atoms with Crippen LogP contribution in [0.2, 0.25) is 0 Å². The van der Waals surface area contributed by atoms with Crippen LogP contribution in [0.4, 0.5) is 8.78 Å². The molecular weight excluding hydrogens is 248 g/mol. The molecule has 0 bridgehead atoms. The standard InChI is InChI=1S/C15H23F2NO/c1-5-15(4,18(6-2)7-3)14(19)12-9-8-11(16)10-13(12)17/h8-10,14,19H,5-7H2,1-4H3. The van der Waals surface area contributed by atoms with Crippen molar-refractivity contribution in [3.63, 3.8) is 0 Å². The smallest absolute Gasteiger partial charge is 0.131 e. The van der Waals surface area contributed by atoms with Crippen LogP contribution in [-0.2, 0) is 0 Å². The SMILES string of the molecule is CCN(CC)C(C)(CC)C(O)c1ccc(F)cc1F. The fourth-order valence-corrected chi connectivity index (χ4v) is 2.59. The average molecular weight is 271 g/mol. The van der Waals surface area contributed by atoms with Crippen LogP contribution in [0.1, 0.15) is 45.8 Å². The highest BCUT2D eigenvalue weighted by Crippen LogP contribution is 2.35. The fraction of sp³-hybridized carbons (Fsp3) is 0.600. The van der Waals surface area contributed by atoms with Crippen molar-refractivity contribution in [2.75, 3.05) is 13.1 Å². The third-order valence-corrected chi connectivity index (χ3v) is 4.05. The van der Waals surface area contributed by atoms with E-state index in [4.69, 9.17) is 0 Å². The molecule has 0 radical (unpaired) electrons. The molecule has 0 spiro atoms. The Morgan fingerprint density at radius 3 is 2.21 bits per heavy atom. The summed E-state index contributed by atoms with van der Waals surface area (Å²) in [4.78, 5) is 2.10. The van der Waals surface area contributed by atoms with E-state index in [0.29, 0.717) is 6.42 Å². The molecule has 0 saturated heterocycles. The second-order valence-corrected chi connectivity index (χ2v) is 4.95. The number of hydrogen-bond acceptors (Lipinski definition) is 2. The lowest BCUT2D eigenvalue weighted by Gasteiger charge is -2.43. The number of halogens is 2. The molecule has 0 saturated carbocycles. The van der Waals surface area contributed by atoms with Crippen LogP contribution in [0.25, 0.3) is 0 Å². The van der Waals surface area contributed by atoms with E-state index in [1.54, 1.807) is 0 Å². The Labute approximate surface area is 114 Å². The number of hydrogen-bond donors (Lipinski definition) is 1. The Kier molecular flexibility index (Phi) is 5.44. The van der Waals surface area contributed by atoms with Crippen molar-refractivity contribution in [3.8, 4) is 0 Å². The lowest BCUT2D eigenvalue weighted by Crippen LogP contribution is -2.50. The summed E-state index contributed by atoms with van der Waals surface area (Å²) in [7, 11) is 0. The number of aliphatic hydroxyl groups excluding tert-OH is 1. The molecule has 0 aliphatic heterocycles. The topological polar surface area (TPSA) is 23.5 Å². The first-order chi connectivity index (χ1) is 8.90. The van der Waals surface area contributed by atoms with Crippen LogP contribution in [0.3, 0.4) is 0 Å². The van der Waals surface area contributed by atoms with Crippen LogP contribution in [-0.4, -0.2) is 28.6 Å². The average Bonchev–Trinajstić information content (AvgIpc) is 2.39. The van der Waals surface area contributed by atoms with Crippen LogP contribution >= 0.6 is 0 Å². The predicted octanol–water partition coefficient (Wildman–Crippen LogP) is 3.51. The molecule has 0 amide bonds. The highest BCUT2D eigenvalue weighted by atomic mass is 19.1. The lowest BCUT2D eigenvalue weighted by atomic mass is 9.85. The molecule has 108 valence electrons. The summed E-state index contributed by atoms with van der Waals surface area (Å²) in [6.45, 7) is 9.41. The van der Waals surface area contributed by atoms with E-state index in [0.717, 1.165) is 19.2 Å². The monoisotopic (exact) mass is 271 g/mol. The van der Waals surface area contributed by atoms with Gasteiger partial charge in [0.25, 0.3) is 0 Å². The zero-order valence-electron chi connectivity index (χ0n) is 12.1. The van der Waals surface area contributed by atoms with Gasteiger partial charge in [-0.1, -0.05) is 26.8 Å². The molecule has 0 heterocycles. The first-order valence-corrected chi connectivity index (χ1v) is 6.78. The minimum absolute atomic E-state index is 0.151. The Morgan fingerprint density at radius 2 is 1.79 bits per heavy atom. The second-order valence-electron chi connectivity index (χ2n) is 4.95. The van der Waals surface area contributed by atoms with Gasteiger partial charge in [-0.25, -0.2) is 8.78 Å². The summed E-state index contributed by atoms with van der Waals surface area (Å²) < 4.78 is 26.8. The van der Waals surface area contributed by atoms with Crippen molar-refractivity contribution >= 4 is 0 Å². The summed E-state index contributed by atoms with van der Waals surface area (Å²) in [5.41, 5.74) is -0.417. The first kappa shape index (κ1) is 16.1. The van der Waals surface area contributed by atoms with Crippen LogP contribution < -0.4 is 0 Å². The second kappa shape index (κ2) is 6.44. The molecule has 2 unspecified atom stereocenters. The van der Waals surface area contributed by atoms with Gasteiger partial charge in [-0.05, 0) is 32.5 Å². The van der Waals surface area contributed by atoms with Gasteiger partial charge in [-0.15, -0.1) is 0 Å². The predicted molar refractivity (Wildman–Crippen MR) is 72.9 cm³/mol. The number of nitrogens with zero attached hydrogens (tertiary/aromatic N) is 1. The summed E-state index contributed by atoms with van der Waals surface area (Å²) in [6, 6.07) is 3.32. The largest absolute Gasteiger partial charge is 0.386 e. The molecule has 1 rings (SSSR count). The first-order valence-electron chi connectivity index (χ1n) is 6.78. The summed E-state index contributed by atoms with van der Waals surface area (Å²) in [5, 5.41) is 10.5. The minimum atomic E-state index is -0.988. The van der Waals surface area contributed by atoms with Crippen molar-refractivity contribution < 1.29 is 13.9 Å². The highest BCUT2D eigenvalue weighted by Gasteiger charge is 2.38. The molecule has 0 aliphatic carbocycles. The van der Waals surface area contributed by atoms with Gasteiger partial charge in [-0.2, -0.15) is 0 Å². The Hall–Kier alpha value is -1.00. The third-order valence-electron chi connectivity index (χ3n) is 4.05. The molecule has 2 nitrogen and oxygen atoms in total. The zero-order valence-corrected chi connectivity index (χ0v) is 12.1. The molecule has 2 atom stereocenters. The molecule has 19 heavy (non-hydrogen) atoms. The van der Waals surface area contributed by atoms with Crippen LogP contribution in [0.15, 0.2) is 18.2 Å². The van der Waals surface area contributed by atoms with Gasteiger partial charge in [0.2, 0.25) is 0 Å². The number of aliphatic hydroxyl groups is 1. The number of likely N-dealkylation sites (N-methyl/N-ethyl adjacent to an activating group) is 1. The molecule has 1 aromatic carbocycles. The normalized spacial score (nSPS) is 16.4. The lowest BCUT2D eigenvalue weighted by molar-refractivity contribution is -0.0231. The maximum Gasteiger partial charge on any atom is 0.131 e. The Morgan fingerprint density at radius 1 is 1.21 bits per heavy atom. The Balaban J connectivity index is 3.17. The molecule has 0 aliphatic rings. The molecule has 0 fully saturated rings. The Bertz CT molecular complexity index is 421. The zero-order chi connectivity index (χ0) is 14.6. The van der Waals surface area contributed by atoms with Gasteiger partial charge in [-0.3, -0.25) is 4.90 Å². The molecule has 0 aromatic heterocycles. The summed E-state index contributed by atoms with van der Waals surface area (Å²) in [5.74, 6) is -1.33. The number of benzene rings is 1. The van der Waals surface area contributed by atoms with E-state index in [2.05, 4.69) is 4.90 Å². The van der Waals surface area contributed by atoms with E-state index in [1.807, 2.05) is 27.7 Å². The van der Waals surface area contributed by atoms with E-state index >= 15 is 0 Å². The van der Waals surface area contributed by atoms with Crippen molar-refractivity contribution in [1.82, 2.24) is 4.90 Å². The van der Waals surface area contributed by atoms with E-state index in [9.17, 15) is 13.9 Å². The van der Waals surface area contributed by atoms with Gasteiger partial charge >= 0.3 is 0 Å². The molecular formula is C15H23F2NO. The van der Waals surface area contributed by atoms with E-state index < -0.39 is 23.3 Å². The van der Waals surface area contributed by atoms with Crippen molar-refractivity contribution in [2.24, 2.45) is 0 Å². The van der Waals surface area contributed by atoms with Crippen molar-refractivity contribution in [2.45, 2.75) is 45.8 Å². The van der Waals surface area contributed by atoms with Gasteiger partial charge in [0.15, 0.2) is 0 Å². The van der Waals surface area contributed by atoms with E-state index in [-0.39, 0.29) is 5.56 Å². The van der Waals surface area contributed by atoms with Crippen molar-refractivity contribution in [3.05, 3.63) is 35.4 Å². The van der Waals surface area contributed by atoms with Gasteiger partial charge in [0.05, 0.1) is 6.10 Å². The quantitative estimate of drug-likeness (QED) is 0.856. The van der Waals surface area contributed by atoms with Crippen molar-refractivity contribution in [1.29, 1.82) is 0 Å². The maximum atomic E-state index is 13.8. The molecule has 1 N–H and O–H groups in total. The number of rotatable bonds is 6. The minimum Gasteiger partial charge on any atom is -0.386 e. The molecule has 4 heteroatoms. The van der Waals surface area contributed by atoms with Crippen LogP contribution in [0.5, 0.6) is 0 Å². The van der Waals surface area contributed by atoms with E-state index in [1.165, 1.54) is 12.1 Å². The van der Waals surface area contributed by atoms with Gasteiger partial charge < -0.3 is 5.11 Å². The summed E-state index contributed by atoms with van der Waals surface area (Å²) in [6.07, 6.45) is -0.315. The summed E-state index contributed by atoms with van der Waals surface area (Å²) >= 11 is 0. The van der Waals surface area contributed by atoms with Crippen LogP contribution in [0, 0.1) is 11.6 Å².